The fourth-order valence-corrected chi connectivity index (χ4v) is 2.05. The third-order valence-electron chi connectivity index (χ3n) is 2.90. The first-order valence-electron chi connectivity index (χ1n) is 6.56. The summed E-state index contributed by atoms with van der Waals surface area (Å²) in [5.74, 6) is -1.33. The summed E-state index contributed by atoms with van der Waals surface area (Å²) in [7, 11) is 0. The van der Waals surface area contributed by atoms with E-state index >= 15 is 0 Å². The summed E-state index contributed by atoms with van der Waals surface area (Å²) in [5.41, 5.74) is 0. The molecule has 8 heteroatoms. The van der Waals surface area contributed by atoms with E-state index in [0.29, 0.717) is 0 Å². The van der Waals surface area contributed by atoms with Gasteiger partial charge in [0.1, 0.15) is 6.04 Å². The van der Waals surface area contributed by atoms with Crippen LogP contribution >= 0.6 is 0 Å². The SMILES string of the molecule is CC(C)NC(=O)CCNC(=O)N1C[C@H](O)C[C@H]1C(=O)O. The van der Waals surface area contributed by atoms with Crippen molar-refractivity contribution >= 4 is 17.9 Å². The summed E-state index contributed by atoms with van der Waals surface area (Å²) in [6, 6.07) is -1.57. The van der Waals surface area contributed by atoms with Gasteiger partial charge in [-0.3, -0.25) is 4.79 Å². The highest BCUT2D eigenvalue weighted by atomic mass is 16.4. The number of amides is 3. The van der Waals surface area contributed by atoms with Crippen LogP contribution in [0.15, 0.2) is 0 Å². The molecule has 0 radical (unpaired) electrons. The predicted molar refractivity (Wildman–Crippen MR) is 70.0 cm³/mol. The van der Waals surface area contributed by atoms with E-state index < -0.39 is 24.1 Å². The standard InChI is InChI=1S/C12H21N3O5/c1-7(2)14-10(17)3-4-13-12(20)15-6-8(16)5-9(15)11(18)19/h7-9,16H,3-6H2,1-2H3,(H,13,20)(H,14,17)(H,18,19)/t8-,9+/m1/s1. The number of β-amino-alcohol motifs (C(OH)–C–C–N with tert-alkyl or cyclic N) is 1. The van der Waals surface area contributed by atoms with E-state index in [-0.39, 0.29) is 37.9 Å². The van der Waals surface area contributed by atoms with Crippen molar-refractivity contribution in [2.75, 3.05) is 13.1 Å². The maximum absolute atomic E-state index is 11.8. The van der Waals surface area contributed by atoms with Crippen LogP contribution in [0.25, 0.3) is 0 Å². The molecule has 1 heterocycles. The number of nitrogens with zero attached hydrogens (tertiary/aromatic N) is 1. The number of carbonyl (C=O) groups excluding carboxylic acids is 2. The van der Waals surface area contributed by atoms with Gasteiger partial charge in [-0.2, -0.15) is 0 Å². The van der Waals surface area contributed by atoms with Gasteiger partial charge in [0, 0.05) is 32.0 Å². The van der Waals surface area contributed by atoms with Crippen molar-refractivity contribution in [1.82, 2.24) is 15.5 Å². The van der Waals surface area contributed by atoms with Gasteiger partial charge in [-0.05, 0) is 13.8 Å². The van der Waals surface area contributed by atoms with Gasteiger partial charge < -0.3 is 25.7 Å². The Balaban J connectivity index is 2.39. The molecular formula is C12H21N3O5. The number of carboxylic acid groups (broad SMARTS) is 1. The van der Waals surface area contributed by atoms with Gasteiger partial charge in [0.25, 0.3) is 0 Å². The lowest BCUT2D eigenvalue weighted by Gasteiger charge is -2.21. The number of carbonyl (C=O) groups is 3. The molecule has 0 aromatic rings. The van der Waals surface area contributed by atoms with Crippen LogP contribution in [-0.2, 0) is 9.59 Å². The molecule has 4 N–H and O–H groups in total. The third-order valence-corrected chi connectivity index (χ3v) is 2.90. The third kappa shape index (κ3) is 4.69. The Morgan fingerprint density at radius 1 is 1.35 bits per heavy atom. The number of hydrogen-bond acceptors (Lipinski definition) is 4. The first kappa shape index (κ1) is 16.2. The normalized spacial score (nSPS) is 21.9. The zero-order valence-electron chi connectivity index (χ0n) is 11.6. The fraction of sp³-hybridized carbons (Fsp3) is 0.750. The molecule has 1 rings (SSSR count). The highest BCUT2D eigenvalue weighted by Gasteiger charge is 2.38. The number of nitrogens with one attached hydrogen (secondary N) is 2. The number of aliphatic hydroxyl groups is 1. The Hall–Kier alpha value is -1.83. The van der Waals surface area contributed by atoms with E-state index in [1.165, 1.54) is 0 Å². The molecule has 1 aliphatic heterocycles. The minimum atomic E-state index is -1.14. The second-order valence-corrected chi connectivity index (χ2v) is 5.10. The summed E-state index contributed by atoms with van der Waals surface area (Å²) >= 11 is 0. The first-order chi connectivity index (χ1) is 9.31. The molecule has 1 saturated heterocycles. The van der Waals surface area contributed by atoms with Crippen LogP contribution in [0.5, 0.6) is 0 Å². The highest BCUT2D eigenvalue weighted by molar-refractivity contribution is 5.84. The van der Waals surface area contributed by atoms with E-state index in [1.54, 1.807) is 0 Å². The topological polar surface area (TPSA) is 119 Å². The minimum Gasteiger partial charge on any atom is -0.480 e. The van der Waals surface area contributed by atoms with Crippen molar-refractivity contribution in [3.8, 4) is 0 Å². The average molecular weight is 287 g/mol. The van der Waals surface area contributed by atoms with E-state index in [1.807, 2.05) is 13.8 Å². The van der Waals surface area contributed by atoms with Crippen molar-refractivity contribution < 1.29 is 24.6 Å². The number of likely N-dealkylation sites (tertiary alicyclic amines) is 1. The Morgan fingerprint density at radius 3 is 2.55 bits per heavy atom. The molecule has 1 aliphatic rings. The number of carboxylic acids is 1. The monoisotopic (exact) mass is 287 g/mol. The van der Waals surface area contributed by atoms with Crippen molar-refractivity contribution in [3.05, 3.63) is 0 Å². The molecule has 0 bridgehead atoms. The first-order valence-corrected chi connectivity index (χ1v) is 6.56. The second-order valence-electron chi connectivity index (χ2n) is 5.10. The lowest BCUT2D eigenvalue weighted by molar-refractivity contribution is -0.141. The minimum absolute atomic E-state index is 0.0129. The largest absolute Gasteiger partial charge is 0.480 e. The van der Waals surface area contributed by atoms with Gasteiger partial charge in [-0.25, -0.2) is 9.59 Å². The zero-order valence-corrected chi connectivity index (χ0v) is 11.6. The fourth-order valence-electron chi connectivity index (χ4n) is 2.05. The molecule has 3 amide bonds. The van der Waals surface area contributed by atoms with Gasteiger partial charge >= 0.3 is 12.0 Å². The van der Waals surface area contributed by atoms with Gasteiger partial charge in [0.2, 0.25) is 5.91 Å². The Bertz CT molecular complexity index is 385. The van der Waals surface area contributed by atoms with Gasteiger partial charge in [-0.1, -0.05) is 0 Å². The summed E-state index contributed by atoms with van der Waals surface area (Å²) < 4.78 is 0. The number of aliphatic hydroxyl groups excluding tert-OH is 1. The van der Waals surface area contributed by atoms with Crippen molar-refractivity contribution in [3.63, 3.8) is 0 Å². The lowest BCUT2D eigenvalue weighted by Crippen LogP contribution is -2.47. The van der Waals surface area contributed by atoms with Gasteiger partial charge in [-0.15, -0.1) is 0 Å². The lowest BCUT2D eigenvalue weighted by atomic mass is 10.2. The van der Waals surface area contributed by atoms with Crippen molar-refractivity contribution in [1.29, 1.82) is 0 Å². The van der Waals surface area contributed by atoms with E-state index in [9.17, 15) is 19.5 Å². The van der Waals surface area contributed by atoms with Crippen LogP contribution in [0.4, 0.5) is 4.79 Å². The quantitative estimate of drug-likeness (QED) is 0.524. The Labute approximate surface area is 117 Å². The molecule has 1 fully saturated rings. The Morgan fingerprint density at radius 2 is 2.00 bits per heavy atom. The van der Waals surface area contributed by atoms with E-state index in [4.69, 9.17) is 5.11 Å². The number of urea groups is 1. The van der Waals surface area contributed by atoms with Crippen LogP contribution in [0.1, 0.15) is 26.7 Å². The average Bonchev–Trinajstić information content (AvgIpc) is 2.70. The molecule has 0 spiro atoms. The molecule has 0 aromatic heterocycles. The molecule has 0 aromatic carbocycles. The van der Waals surface area contributed by atoms with Gasteiger partial charge in [0.05, 0.1) is 6.10 Å². The van der Waals surface area contributed by atoms with Crippen LogP contribution in [0.2, 0.25) is 0 Å². The van der Waals surface area contributed by atoms with Gasteiger partial charge in [0.15, 0.2) is 0 Å². The molecule has 20 heavy (non-hydrogen) atoms. The van der Waals surface area contributed by atoms with Crippen LogP contribution in [-0.4, -0.2) is 64.3 Å². The van der Waals surface area contributed by atoms with E-state index in [0.717, 1.165) is 4.90 Å². The summed E-state index contributed by atoms with van der Waals surface area (Å²) in [4.78, 5) is 35.2. The molecule has 2 atom stereocenters. The molecule has 0 unspecified atom stereocenters. The summed E-state index contributed by atoms with van der Waals surface area (Å²) in [6.07, 6.45) is -0.680. The molecular weight excluding hydrogens is 266 g/mol. The number of hydrogen-bond donors (Lipinski definition) is 4. The molecule has 114 valence electrons. The summed E-state index contributed by atoms with van der Waals surface area (Å²) in [5, 5.41) is 23.6. The zero-order chi connectivity index (χ0) is 15.3. The van der Waals surface area contributed by atoms with Crippen molar-refractivity contribution in [2.45, 2.75) is 44.9 Å². The van der Waals surface area contributed by atoms with Crippen LogP contribution < -0.4 is 10.6 Å². The number of rotatable bonds is 5. The predicted octanol–water partition coefficient (Wildman–Crippen LogP) is -0.869. The van der Waals surface area contributed by atoms with E-state index in [2.05, 4.69) is 10.6 Å². The van der Waals surface area contributed by atoms with Crippen LogP contribution in [0.3, 0.4) is 0 Å². The number of aliphatic carboxylic acids is 1. The smallest absolute Gasteiger partial charge is 0.326 e. The molecule has 8 nitrogen and oxygen atoms in total. The maximum atomic E-state index is 11.8. The Kier molecular flexibility index (Phi) is 5.75. The molecule has 0 saturated carbocycles. The molecule has 0 aliphatic carbocycles. The highest BCUT2D eigenvalue weighted by Crippen LogP contribution is 2.17. The van der Waals surface area contributed by atoms with Crippen LogP contribution in [0, 0.1) is 0 Å². The summed E-state index contributed by atoms with van der Waals surface area (Å²) in [6.45, 7) is 3.77. The maximum Gasteiger partial charge on any atom is 0.326 e. The van der Waals surface area contributed by atoms with Crippen molar-refractivity contribution in [2.24, 2.45) is 0 Å². The second kappa shape index (κ2) is 7.09.